The molecule has 1 amide bonds. The van der Waals surface area contributed by atoms with Gasteiger partial charge in [-0.05, 0) is 35.0 Å². The van der Waals surface area contributed by atoms with Gasteiger partial charge in [-0.15, -0.1) is 10.2 Å². The van der Waals surface area contributed by atoms with Gasteiger partial charge in [0.25, 0.3) is 0 Å². The predicted molar refractivity (Wildman–Crippen MR) is 130 cm³/mol. The van der Waals surface area contributed by atoms with Gasteiger partial charge in [0.05, 0.1) is 5.75 Å². The van der Waals surface area contributed by atoms with E-state index in [0.29, 0.717) is 5.16 Å². The molecule has 0 radical (unpaired) electrons. The molecular formula is C26H20N4OS. The largest absolute Gasteiger partial charge is 0.325 e. The third kappa shape index (κ3) is 4.26. The summed E-state index contributed by atoms with van der Waals surface area (Å²) in [4.78, 5) is 12.7. The van der Waals surface area contributed by atoms with Gasteiger partial charge in [-0.2, -0.15) is 0 Å². The Hall–Kier alpha value is -3.90. The first-order chi connectivity index (χ1) is 15.8. The first kappa shape index (κ1) is 20.0. The van der Waals surface area contributed by atoms with Crippen molar-refractivity contribution in [2.45, 2.75) is 5.16 Å². The molecule has 0 unspecified atom stereocenters. The minimum Gasteiger partial charge on any atom is -0.325 e. The highest BCUT2D eigenvalue weighted by Crippen LogP contribution is 2.28. The van der Waals surface area contributed by atoms with Crippen molar-refractivity contribution in [3.05, 3.63) is 103 Å². The smallest absolute Gasteiger partial charge is 0.234 e. The third-order valence-electron chi connectivity index (χ3n) is 5.05. The van der Waals surface area contributed by atoms with E-state index in [1.54, 1.807) is 0 Å². The molecule has 0 saturated heterocycles. The highest BCUT2D eigenvalue weighted by Gasteiger charge is 2.17. The van der Waals surface area contributed by atoms with Crippen molar-refractivity contribution in [1.29, 1.82) is 0 Å². The zero-order valence-electron chi connectivity index (χ0n) is 17.2. The Kier molecular flexibility index (Phi) is 5.68. The number of aromatic nitrogens is 3. The number of carbonyl (C=O) groups excluding carboxylic acids is 1. The lowest BCUT2D eigenvalue weighted by Gasteiger charge is -2.10. The molecule has 0 aliphatic carbocycles. The summed E-state index contributed by atoms with van der Waals surface area (Å²) in [5.41, 5.74) is 2.70. The van der Waals surface area contributed by atoms with Gasteiger partial charge in [0.15, 0.2) is 11.0 Å². The molecule has 5 aromatic rings. The standard InChI is InChI=1S/C26H20N4OS/c31-24(27-22-16-15-19-9-7-8-12-21(19)17-22)18-32-26-29-28-25(20-10-3-1-4-11-20)30(26)23-13-5-2-6-14-23/h1-17H,18H2,(H,27,31). The van der Waals surface area contributed by atoms with Gasteiger partial charge in [-0.1, -0.05) is 90.6 Å². The van der Waals surface area contributed by atoms with Crippen molar-refractivity contribution < 1.29 is 4.79 Å². The summed E-state index contributed by atoms with van der Waals surface area (Å²) in [6, 6.07) is 33.9. The van der Waals surface area contributed by atoms with Gasteiger partial charge >= 0.3 is 0 Å². The second kappa shape index (κ2) is 9.08. The molecule has 156 valence electrons. The molecule has 0 aliphatic heterocycles. The topological polar surface area (TPSA) is 59.8 Å². The minimum atomic E-state index is -0.0887. The van der Waals surface area contributed by atoms with Crippen LogP contribution in [-0.4, -0.2) is 26.4 Å². The van der Waals surface area contributed by atoms with Crippen molar-refractivity contribution in [3.8, 4) is 17.1 Å². The molecule has 0 fully saturated rings. The number of para-hydroxylation sites is 1. The highest BCUT2D eigenvalue weighted by atomic mass is 32.2. The van der Waals surface area contributed by atoms with Crippen LogP contribution in [-0.2, 0) is 4.79 Å². The number of anilines is 1. The molecule has 4 aromatic carbocycles. The van der Waals surface area contributed by atoms with Crippen LogP contribution in [0.3, 0.4) is 0 Å². The third-order valence-corrected chi connectivity index (χ3v) is 5.97. The zero-order valence-corrected chi connectivity index (χ0v) is 18.0. The van der Waals surface area contributed by atoms with Crippen molar-refractivity contribution in [2.24, 2.45) is 0 Å². The number of nitrogens with one attached hydrogen (secondary N) is 1. The Morgan fingerprint density at radius 1 is 0.781 bits per heavy atom. The van der Waals surface area contributed by atoms with E-state index in [1.807, 2.05) is 102 Å². The summed E-state index contributed by atoms with van der Waals surface area (Å²) in [5.74, 6) is 0.885. The van der Waals surface area contributed by atoms with Gasteiger partial charge < -0.3 is 5.32 Å². The number of benzene rings is 4. The molecule has 32 heavy (non-hydrogen) atoms. The van der Waals surface area contributed by atoms with Crippen LogP contribution in [0.1, 0.15) is 0 Å². The van der Waals surface area contributed by atoms with E-state index >= 15 is 0 Å². The van der Waals surface area contributed by atoms with Crippen LogP contribution in [0, 0.1) is 0 Å². The SMILES string of the molecule is O=C(CSc1nnc(-c2ccccc2)n1-c1ccccc1)Nc1ccc2ccccc2c1. The second-order valence-electron chi connectivity index (χ2n) is 7.24. The lowest BCUT2D eigenvalue weighted by molar-refractivity contribution is -0.113. The maximum atomic E-state index is 12.7. The van der Waals surface area contributed by atoms with E-state index in [0.717, 1.165) is 33.5 Å². The first-order valence-corrected chi connectivity index (χ1v) is 11.2. The van der Waals surface area contributed by atoms with E-state index in [2.05, 4.69) is 21.6 Å². The van der Waals surface area contributed by atoms with Crippen molar-refractivity contribution in [2.75, 3.05) is 11.1 Å². The molecule has 0 spiro atoms. The number of hydrogen-bond acceptors (Lipinski definition) is 4. The Labute approximate surface area is 190 Å². The Bertz CT molecular complexity index is 1370. The average Bonchev–Trinajstić information content (AvgIpc) is 3.28. The van der Waals surface area contributed by atoms with Crippen LogP contribution in [0.4, 0.5) is 5.69 Å². The van der Waals surface area contributed by atoms with Crippen LogP contribution < -0.4 is 5.32 Å². The average molecular weight is 437 g/mol. The number of nitrogens with zero attached hydrogens (tertiary/aromatic N) is 3. The van der Waals surface area contributed by atoms with Gasteiger partial charge in [0, 0.05) is 16.9 Å². The first-order valence-electron chi connectivity index (χ1n) is 10.3. The van der Waals surface area contributed by atoms with Crippen molar-refractivity contribution >= 4 is 34.1 Å². The Morgan fingerprint density at radius 2 is 1.47 bits per heavy atom. The van der Waals surface area contributed by atoms with Crippen LogP contribution in [0.2, 0.25) is 0 Å². The van der Waals surface area contributed by atoms with Gasteiger partial charge in [0.1, 0.15) is 0 Å². The molecule has 6 heteroatoms. The number of rotatable bonds is 6. The van der Waals surface area contributed by atoms with Gasteiger partial charge in [-0.25, -0.2) is 0 Å². The maximum absolute atomic E-state index is 12.7. The van der Waals surface area contributed by atoms with E-state index in [-0.39, 0.29) is 11.7 Å². The predicted octanol–water partition coefficient (Wildman–Crippen LogP) is 5.82. The second-order valence-corrected chi connectivity index (χ2v) is 8.18. The number of thioether (sulfide) groups is 1. The Balaban J connectivity index is 1.37. The van der Waals surface area contributed by atoms with E-state index in [9.17, 15) is 4.79 Å². The van der Waals surface area contributed by atoms with Crippen LogP contribution in [0.25, 0.3) is 27.8 Å². The summed E-state index contributed by atoms with van der Waals surface area (Å²) >= 11 is 1.37. The zero-order chi connectivity index (χ0) is 21.8. The van der Waals surface area contributed by atoms with Crippen LogP contribution in [0.15, 0.2) is 108 Å². The monoisotopic (exact) mass is 436 g/mol. The van der Waals surface area contributed by atoms with E-state index < -0.39 is 0 Å². The summed E-state index contributed by atoms with van der Waals surface area (Å²) in [6.45, 7) is 0. The van der Waals surface area contributed by atoms with Crippen LogP contribution >= 0.6 is 11.8 Å². The molecule has 0 saturated carbocycles. The summed E-state index contributed by atoms with van der Waals surface area (Å²) in [7, 11) is 0. The molecular weight excluding hydrogens is 416 g/mol. The molecule has 1 aromatic heterocycles. The lowest BCUT2D eigenvalue weighted by Crippen LogP contribution is -2.14. The quantitative estimate of drug-likeness (QED) is 0.341. The summed E-state index contributed by atoms with van der Waals surface area (Å²) in [6.07, 6.45) is 0. The van der Waals surface area contributed by atoms with Crippen molar-refractivity contribution in [1.82, 2.24) is 14.8 Å². The molecule has 0 aliphatic rings. The molecule has 5 nitrogen and oxygen atoms in total. The molecule has 1 heterocycles. The molecule has 1 N–H and O–H groups in total. The molecule has 0 atom stereocenters. The van der Waals surface area contributed by atoms with Gasteiger partial charge in [-0.3, -0.25) is 9.36 Å². The fourth-order valence-corrected chi connectivity index (χ4v) is 4.29. The highest BCUT2D eigenvalue weighted by molar-refractivity contribution is 7.99. The fourth-order valence-electron chi connectivity index (χ4n) is 3.54. The minimum absolute atomic E-state index is 0.0887. The van der Waals surface area contributed by atoms with Crippen molar-refractivity contribution in [3.63, 3.8) is 0 Å². The molecule has 0 bridgehead atoms. The van der Waals surface area contributed by atoms with E-state index in [1.165, 1.54) is 11.8 Å². The normalized spacial score (nSPS) is 10.9. The Morgan fingerprint density at radius 3 is 2.25 bits per heavy atom. The number of carbonyl (C=O) groups is 1. The van der Waals surface area contributed by atoms with Gasteiger partial charge in [0.2, 0.25) is 5.91 Å². The maximum Gasteiger partial charge on any atom is 0.234 e. The van der Waals surface area contributed by atoms with Crippen LogP contribution in [0.5, 0.6) is 0 Å². The fraction of sp³-hybridized carbons (Fsp3) is 0.0385. The number of fused-ring (bicyclic) bond motifs is 1. The number of amides is 1. The number of hydrogen-bond donors (Lipinski definition) is 1. The summed E-state index contributed by atoms with van der Waals surface area (Å²) < 4.78 is 1.99. The summed E-state index contributed by atoms with van der Waals surface area (Å²) in [5, 5.41) is 14.7. The molecule has 5 rings (SSSR count). The lowest BCUT2D eigenvalue weighted by atomic mass is 10.1. The van der Waals surface area contributed by atoms with E-state index in [4.69, 9.17) is 0 Å².